The minimum atomic E-state index is -4.52. The van der Waals surface area contributed by atoms with E-state index in [0.29, 0.717) is 12.1 Å². The van der Waals surface area contributed by atoms with Crippen molar-refractivity contribution in [2.24, 2.45) is 0 Å². The van der Waals surface area contributed by atoms with Crippen LogP contribution in [0.25, 0.3) is 0 Å². The minimum absolute atomic E-state index is 0.166. The van der Waals surface area contributed by atoms with E-state index in [1.165, 1.54) is 6.07 Å². The monoisotopic (exact) mass is 412 g/mol. The summed E-state index contributed by atoms with van der Waals surface area (Å²) in [5, 5.41) is 10.8. The summed E-state index contributed by atoms with van der Waals surface area (Å²) in [6.45, 7) is 0. The second kappa shape index (κ2) is 8.00. The highest BCUT2D eigenvalue weighted by molar-refractivity contribution is 7.92. The fourth-order valence-electron chi connectivity index (χ4n) is 2.19. The molecule has 2 aromatic rings. The number of nitrogens with one attached hydrogen (secondary N) is 1. The Labute approximate surface area is 158 Å². The van der Waals surface area contributed by atoms with Crippen LogP contribution in [0.3, 0.4) is 0 Å². The summed E-state index contributed by atoms with van der Waals surface area (Å²) in [6.07, 6.45) is 0. The quantitative estimate of drug-likeness (QED) is 0.432. The van der Waals surface area contributed by atoms with E-state index in [0.717, 1.165) is 32.4 Å². The molecule has 0 aliphatic heterocycles. The zero-order valence-corrected chi connectivity index (χ0v) is 15.3. The van der Waals surface area contributed by atoms with Crippen LogP contribution in [0.4, 0.5) is 15.8 Å². The molecule has 148 valence electrons. The normalized spacial score (nSPS) is 10.8. The molecule has 1 N–H and O–H groups in total. The molecule has 0 bridgehead atoms. The molecule has 0 radical (unpaired) electrons. The van der Waals surface area contributed by atoms with Crippen molar-refractivity contribution in [1.82, 2.24) is 0 Å². The fraction of sp³-hybridized carbons (Fsp3) is 0.125. The van der Waals surface area contributed by atoms with Gasteiger partial charge in [-0.3, -0.25) is 14.8 Å². The van der Waals surface area contributed by atoms with Crippen LogP contribution in [0.15, 0.2) is 41.3 Å². The Kier molecular flexibility index (Phi) is 5.93. The van der Waals surface area contributed by atoms with Gasteiger partial charge in [-0.25, -0.2) is 18.0 Å². The van der Waals surface area contributed by atoms with E-state index in [1.54, 1.807) is 0 Å². The zero-order chi connectivity index (χ0) is 21.1. The number of methoxy groups -OCH3 is 2. The van der Waals surface area contributed by atoms with E-state index < -0.39 is 43.3 Å². The van der Waals surface area contributed by atoms with E-state index in [1.807, 2.05) is 4.72 Å². The maximum absolute atomic E-state index is 13.4. The molecule has 0 aliphatic carbocycles. The second-order valence-electron chi connectivity index (χ2n) is 5.22. The number of sulfonamides is 1. The molecule has 28 heavy (non-hydrogen) atoms. The number of hydrogen-bond donors (Lipinski definition) is 1. The topological polar surface area (TPSA) is 142 Å². The molecule has 2 aromatic carbocycles. The van der Waals surface area contributed by atoms with Gasteiger partial charge in [0.2, 0.25) is 5.82 Å². The molecule has 0 saturated carbocycles. The van der Waals surface area contributed by atoms with Crippen LogP contribution >= 0.6 is 0 Å². The predicted octanol–water partition coefficient (Wildman–Crippen LogP) is 2.11. The highest BCUT2D eigenvalue weighted by Gasteiger charge is 2.26. The van der Waals surface area contributed by atoms with Gasteiger partial charge in [-0.15, -0.1) is 0 Å². The molecule has 0 aromatic heterocycles. The Morgan fingerprint density at radius 3 is 2.29 bits per heavy atom. The molecule has 0 unspecified atom stereocenters. The van der Waals surface area contributed by atoms with Gasteiger partial charge in [-0.1, -0.05) is 0 Å². The van der Waals surface area contributed by atoms with Crippen molar-refractivity contribution in [3.05, 3.63) is 63.5 Å². The number of nitrogens with zero attached hydrogens (tertiary/aromatic N) is 1. The van der Waals surface area contributed by atoms with E-state index in [2.05, 4.69) is 9.47 Å². The lowest BCUT2D eigenvalue weighted by Crippen LogP contribution is -2.19. The van der Waals surface area contributed by atoms with Gasteiger partial charge in [-0.2, -0.15) is 4.39 Å². The molecule has 0 fully saturated rings. The number of halogens is 1. The third-order valence-electron chi connectivity index (χ3n) is 3.49. The average molecular weight is 412 g/mol. The molecule has 0 saturated heterocycles. The molecule has 0 heterocycles. The first-order valence-corrected chi connectivity index (χ1v) is 8.86. The Hall–Kier alpha value is -3.54. The van der Waals surface area contributed by atoms with Crippen LogP contribution in [0.2, 0.25) is 0 Å². The van der Waals surface area contributed by atoms with Gasteiger partial charge in [0.1, 0.15) is 4.90 Å². The third-order valence-corrected chi connectivity index (χ3v) is 4.91. The van der Waals surface area contributed by atoms with Gasteiger partial charge in [0.15, 0.2) is 0 Å². The Bertz CT molecular complexity index is 1070. The Morgan fingerprint density at radius 2 is 1.71 bits per heavy atom. The summed E-state index contributed by atoms with van der Waals surface area (Å²) in [4.78, 5) is 32.8. The lowest BCUT2D eigenvalue weighted by atomic mass is 10.1. The highest BCUT2D eigenvalue weighted by Crippen LogP contribution is 2.26. The van der Waals surface area contributed by atoms with Crippen molar-refractivity contribution < 1.29 is 36.8 Å². The second-order valence-corrected chi connectivity index (χ2v) is 6.87. The van der Waals surface area contributed by atoms with Crippen molar-refractivity contribution >= 4 is 33.3 Å². The van der Waals surface area contributed by atoms with Crippen LogP contribution in [0, 0.1) is 15.9 Å². The highest BCUT2D eigenvalue weighted by atomic mass is 32.2. The molecule has 0 amide bonds. The summed E-state index contributed by atoms with van der Waals surface area (Å²) >= 11 is 0. The zero-order valence-electron chi connectivity index (χ0n) is 14.5. The molecule has 10 nitrogen and oxygen atoms in total. The predicted molar refractivity (Wildman–Crippen MR) is 93.0 cm³/mol. The molecule has 12 heteroatoms. The SMILES string of the molecule is COC(=O)c1ccc(C(=O)OC)c(S(=O)(=O)Nc2ccc(F)c([N+](=O)[O-])c2)c1. The van der Waals surface area contributed by atoms with E-state index in [9.17, 15) is 32.5 Å². The lowest BCUT2D eigenvalue weighted by molar-refractivity contribution is -0.387. The van der Waals surface area contributed by atoms with E-state index in [-0.39, 0.29) is 16.8 Å². The number of anilines is 1. The van der Waals surface area contributed by atoms with Gasteiger partial charge < -0.3 is 9.47 Å². The van der Waals surface area contributed by atoms with E-state index in [4.69, 9.17) is 0 Å². The number of nitro groups is 1. The molecular weight excluding hydrogens is 399 g/mol. The standard InChI is InChI=1S/C16H13FN2O8S/c1-26-15(20)9-3-5-11(16(21)27-2)14(7-9)28(24,25)18-10-4-6-12(17)13(8-10)19(22)23/h3-8,18H,1-2H3. The van der Waals surface area contributed by atoms with Gasteiger partial charge in [0, 0.05) is 6.07 Å². The van der Waals surface area contributed by atoms with Crippen molar-refractivity contribution in [1.29, 1.82) is 0 Å². The van der Waals surface area contributed by atoms with E-state index >= 15 is 0 Å². The molecule has 0 atom stereocenters. The first-order chi connectivity index (χ1) is 13.1. The van der Waals surface area contributed by atoms with Crippen molar-refractivity contribution in [3.8, 4) is 0 Å². The van der Waals surface area contributed by atoms with Gasteiger partial charge >= 0.3 is 17.6 Å². The molecular formula is C16H13FN2O8S. The summed E-state index contributed by atoms with van der Waals surface area (Å²) in [5.74, 6) is -3.01. The summed E-state index contributed by atoms with van der Waals surface area (Å²) in [7, 11) is -2.41. The fourth-order valence-corrected chi connectivity index (χ4v) is 3.46. The number of nitro benzene ring substituents is 1. The Morgan fingerprint density at radius 1 is 1.07 bits per heavy atom. The first kappa shape index (κ1) is 20.8. The number of esters is 2. The maximum Gasteiger partial charge on any atom is 0.339 e. The molecule has 0 aliphatic rings. The average Bonchev–Trinajstić information content (AvgIpc) is 2.67. The smallest absolute Gasteiger partial charge is 0.339 e. The summed E-state index contributed by atoms with van der Waals surface area (Å²) < 4.78 is 50.0. The summed E-state index contributed by atoms with van der Waals surface area (Å²) in [5.41, 5.74) is -1.83. The summed E-state index contributed by atoms with van der Waals surface area (Å²) in [6, 6.07) is 5.46. The Balaban J connectivity index is 2.57. The van der Waals surface area contributed by atoms with Crippen LogP contribution < -0.4 is 4.72 Å². The number of carbonyl (C=O) groups is 2. The van der Waals surface area contributed by atoms with Crippen LogP contribution in [-0.2, 0) is 19.5 Å². The van der Waals surface area contributed by atoms with Crippen LogP contribution in [0.5, 0.6) is 0 Å². The van der Waals surface area contributed by atoms with Crippen molar-refractivity contribution in [3.63, 3.8) is 0 Å². The molecule has 2 rings (SSSR count). The minimum Gasteiger partial charge on any atom is -0.465 e. The van der Waals surface area contributed by atoms with Crippen molar-refractivity contribution in [2.75, 3.05) is 18.9 Å². The van der Waals surface area contributed by atoms with Gasteiger partial charge in [-0.05, 0) is 30.3 Å². The number of benzene rings is 2. The number of rotatable bonds is 6. The first-order valence-electron chi connectivity index (χ1n) is 7.38. The maximum atomic E-state index is 13.4. The molecule has 0 spiro atoms. The largest absolute Gasteiger partial charge is 0.465 e. The number of carbonyl (C=O) groups excluding carboxylic acids is 2. The van der Waals surface area contributed by atoms with Gasteiger partial charge in [0.25, 0.3) is 10.0 Å². The number of ether oxygens (including phenoxy) is 2. The van der Waals surface area contributed by atoms with Crippen molar-refractivity contribution in [2.45, 2.75) is 4.90 Å². The lowest BCUT2D eigenvalue weighted by Gasteiger charge is -2.12. The van der Waals surface area contributed by atoms with Crippen LogP contribution in [0.1, 0.15) is 20.7 Å². The number of hydrogen-bond acceptors (Lipinski definition) is 8. The van der Waals surface area contributed by atoms with Crippen LogP contribution in [-0.4, -0.2) is 39.5 Å². The third kappa shape index (κ3) is 4.23. The van der Waals surface area contributed by atoms with Gasteiger partial charge in [0.05, 0.1) is 36.0 Å².